The molecule has 1 nitrogen and oxygen atoms in total. The molecule has 0 saturated carbocycles. The Morgan fingerprint density at radius 1 is 0.882 bits per heavy atom. The number of allylic oxidation sites excluding steroid dienone is 2. The van der Waals surface area contributed by atoms with E-state index in [1.165, 1.54) is 70.6 Å². The summed E-state index contributed by atoms with van der Waals surface area (Å²) < 4.78 is 5.19. The Labute approximate surface area is 108 Å². The summed E-state index contributed by atoms with van der Waals surface area (Å²) in [6.07, 6.45) is 20.3. The maximum absolute atomic E-state index is 5.19. The Morgan fingerprint density at radius 3 is 2.12 bits per heavy atom. The van der Waals surface area contributed by atoms with Crippen LogP contribution in [0, 0.1) is 0 Å². The maximum Gasteiger partial charge on any atom is 0.0810 e. The van der Waals surface area contributed by atoms with Crippen molar-refractivity contribution in [1.29, 1.82) is 0 Å². The van der Waals surface area contributed by atoms with Crippen molar-refractivity contribution >= 4 is 0 Å². The molecule has 0 aromatic heterocycles. The Hall–Kier alpha value is -0.300. The fraction of sp³-hybridized carbons (Fsp3) is 0.875. The van der Waals surface area contributed by atoms with Gasteiger partial charge in [-0.25, -0.2) is 0 Å². The summed E-state index contributed by atoms with van der Waals surface area (Å²) in [4.78, 5) is 0. The standard InChI is InChI=1S/C16H30O/c1-2-3-4-5-6-7-8-9-10-11-12-13-14-16-15-17-16/h9-10,16H,2-8,11-15H2,1H3/b10-9-/t16-/m0/s1. The first-order valence-electron chi connectivity index (χ1n) is 7.70. The molecule has 1 aliphatic heterocycles. The third-order valence-electron chi connectivity index (χ3n) is 3.44. The van der Waals surface area contributed by atoms with Crippen LogP contribution in [0.5, 0.6) is 0 Å². The zero-order chi connectivity index (χ0) is 12.2. The third kappa shape index (κ3) is 10.6. The summed E-state index contributed by atoms with van der Waals surface area (Å²) in [7, 11) is 0. The first-order chi connectivity index (χ1) is 8.43. The molecule has 1 aliphatic rings. The van der Waals surface area contributed by atoms with Crippen LogP contribution in [0.4, 0.5) is 0 Å². The lowest BCUT2D eigenvalue weighted by Crippen LogP contribution is -1.84. The van der Waals surface area contributed by atoms with E-state index in [1.54, 1.807) is 0 Å². The highest BCUT2D eigenvalue weighted by Gasteiger charge is 2.20. The average molecular weight is 238 g/mol. The molecule has 0 radical (unpaired) electrons. The van der Waals surface area contributed by atoms with Gasteiger partial charge in [-0.1, -0.05) is 57.6 Å². The van der Waals surface area contributed by atoms with E-state index in [2.05, 4.69) is 19.1 Å². The molecule has 0 aliphatic carbocycles. The van der Waals surface area contributed by atoms with Crippen molar-refractivity contribution in [2.45, 2.75) is 83.7 Å². The molecule has 1 rings (SSSR count). The molecule has 1 saturated heterocycles. The molecule has 0 amide bonds. The van der Waals surface area contributed by atoms with Crippen LogP contribution >= 0.6 is 0 Å². The van der Waals surface area contributed by atoms with Gasteiger partial charge >= 0.3 is 0 Å². The first kappa shape index (κ1) is 14.8. The minimum absolute atomic E-state index is 0.627. The van der Waals surface area contributed by atoms with Gasteiger partial charge in [-0.2, -0.15) is 0 Å². The van der Waals surface area contributed by atoms with E-state index in [0.29, 0.717) is 6.10 Å². The molecule has 1 heteroatoms. The molecular formula is C16H30O. The molecule has 0 N–H and O–H groups in total. The van der Waals surface area contributed by atoms with Gasteiger partial charge in [0.05, 0.1) is 12.7 Å². The average Bonchev–Trinajstić information content (AvgIpc) is 3.15. The fourth-order valence-corrected chi connectivity index (χ4v) is 2.15. The molecule has 0 unspecified atom stereocenters. The number of hydrogen-bond donors (Lipinski definition) is 0. The van der Waals surface area contributed by atoms with Gasteiger partial charge in [0, 0.05) is 0 Å². The van der Waals surface area contributed by atoms with Crippen LogP contribution < -0.4 is 0 Å². The van der Waals surface area contributed by atoms with Crippen molar-refractivity contribution in [3.05, 3.63) is 12.2 Å². The van der Waals surface area contributed by atoms with Crippen molar-refractivity contribution in [2.24, 2.45) is 0 Å². The van der Waals surface area contributed by atoms with Gasteiger partial charge < -0.3 is 4.74 Å². The topological polar surface area (TPSA) is 12.5 Å². The predicted molar refractivity (Wildman–Crippen MR) is 75.3 cm³/mol. The fourth-order valence-electron chi connectivity index (χ4n) is 2.15. The van der Waals surface area contributed by atoms with E-state index in [0.717, 1.165) is 6.61 Å². The van der Waals surface area contributed by atoms with E-state index in [1.807, 2.05) is 0 Å². The van der Waals surface area contributed by atoms with Crippen LogP contribution in [0.1, 0.15) is 77.6 Å². The maximum atomic E-state index is 5.19. The molecule has 0 bridgehead atoms. The summed E-state index contributed by atoms with van der Waals surface area (Å²) in [6.45, 7) is 3.30. The quantitative estimate of drug-likeness (QED) is 0.257. The van der Waals surface area contributed by atoms with E-state index in [-0.39, 0.29) is 0 Å². The van der Waals surface area contributed by atoms with Gasteiger partial charge in [0.15, 0.2) is 0 Å². The van der Waals surface area contributed by atoms with Gasteiger partial charge in [0.2, 0.25) is 0 Å². The second-order valence-electron chi connectivity index (χ2n) is 5.27. The number of ether oxygens (including phenoxy) is 1. The lowest BCUT2D eigenvalue weighted by Gasteiger charge is -1.98. The lowest BCUT2D eigenvalue weighted by molar-refractivity contribution is 0.390. The van der Waals surface area contributed by atoms with Crippen LogP contribution in [-0.4, -0.2) is 12.7 Å². The molecule has 0 aromatic rings. The Kier molecular flexibility index (Phi) is 9.40. The van der Waals surface area contributed by atoms with Gasteiger partial charge in [-0.15, -0.1) is 0 Å². The normalized spacial score (nSPS) is 19.0. The second-order valence-corrected chi connectivity index (χ2v) is 5.27. The third-order valence-corrected chi connectivity index (χ3v) is 3.44. The van der Waals surface area contributed by atoms with E-state index in [9.17, 15) is 0 Å². The van der Waals surface area contributed by atoms with Gasteiger partial charge in [-0.3, -0.25) is 0 Å². The van der Waals surface area contributed by atoms with Crippen LogP contribution in [0.25, 0.3) is 0 Å². The zero-order valence-corrected chi connectivity index (χ0v) is 11.6. The smallest absolute Gasteiger partial charge is 0.0810 e. The monoisotopic (exact) mass is 238 g/mol. The number of unbranched alkanes of at least 4 members (excludes halogenated alkanes) is 8. The van der Waals surface area contributed by atoms with E-state index < -0.39 is 0 Å². The number of epoxide rings is 1. The minimum Gasteiger partial charge on any atom is -0.373 e. The molecule has 17 heavy (non-hydrogen) atoms. The highest BCUT2D eigenvalue weighted by Crippen LogP contribution is 2.17. The van der Waals surface area contributed by atoms with E-state index in [4.69, 9.17) is 4.74 Å². The highest BCUT2D eigenvalue weighted by atomic mass is 16.6. The summed E-state index contributed by atoms with van der Waals surface area (Å²) >= 11 is 0. The van der Waals surface area contributed by atoms with Crippen LogP contribution in [0.15, 0.2) is 12.2 Å². The molecule has 0 aromatic carbocycles. The summed E-state index contributed by atoms with van der Waals surface area (Å²) in [6, 6.07) is 0. The largest absolute Gasteiger partial charge is 0.373 e. The van der Waals surface area contributed by atoms with Crippen molar-refractivity contribution in [2.75, 3.05) is 6.61 Å². The summed E-state index contributed by atoms with van der Waals surface area (Å²) in [5, 5.41) is 0. The molecule has 0 spiro atoms. The summed E-state index contributed by atoms with van der Waals surface area (Å²) in [5.41, 5.74) is 0. The Bertz CT molecular complexity index is 182. The lowest BCUT2D eigenvalue weighted by atomic mass is 10.1. The second kappa shape index (κ2) is 10.8. The van der Waals surface area contributed by atoms with Gasteiger partial charge in [0.1, 0.15) is 0 Å². The van der Waals surface area contributed by atoms with Crippen LogP contribution in [0.2, 0.25) is 0 Å². The molecule has 1 atom stereocenters. The number of hydrogen-bond acceptors (Lipinski definition) is 1. The zero-order valence-electron chi connectivity index (χ0n) is 11.6. The molecule has 100 valence electrons. The summed E-state index contributed by atoms with van der Waals surface area (Å²) in [5.74, 6) is 0. The molecule has 1 heterocycles. The van der Waals surface area contributed by atoms with Crippen molar-refractivity contribution in [1.82, 2.24) is 0 Å². The minimum atomic E-state index is 0.627. The SMILES string of the molecule is CCCCCCCC/C=C\CCCC[C@H]1CO1. The van der Waals surface area contributed by atoms with Crippen molar-refractivity contribution in [3.63, 3.8) is 0 Å². The predicted octanol–water partition coefficient (Wildman–Crippen LogP) is 5.25. The van der Waals surface area contributed by atoms with Crippen molar-refractivity contribution < 1.29 is 4.74 Å². The first-order valence-corrected chi connectivity index (χ1v) is 7.70. The highest BCUT2D eigenvalue weighted by molar-refractivity contribution is 4.81. The van der Waals surface area contributed by atoms with E-state index >= 15 is 0 Å². The molecule has 1 fully saturated rings. The van der Waals surface area contributed by atoms with Gasteiger partial charge in [-0.05, 0) is 32.1 Å². The van der Waals surface area contributed by atoms with Crippen molar-refractivity contribution in [3.8, 4) is 0 Å². The van der Waals surface area contributed by atoms with Crippen LogP contribution in [-0.2, 0) is 4.74 Å². The number of rotatable bonds is 12. The Balaban J connectivity index is 1.69. The Morgan fingerprint density at radius 2 is 1.47 bits per heavy atom. The van der Waals surface area contributed by atoms with Crippen LogP contribution in [0.3, 0.4) is 0 Å². The van der Waals surface area contributed by atoms with Gasteiger partial charge in [0.25, 0.3) is 0 Å². The molecular weight excluding hydrogens is 208 g/mol.